The Balaban J connectivity index is 0.00000242. The number of anilines is 1. The maximum atomic E-state index is 12.8. The Morgan fingerprint density at radius 2 is 1.86 bits per heavy atom. The van der Waals surface area contributed by atoms with Gasteiger partial charge in [0.05, 0.1) is 0 Å². The molecule has 22 heavy (non-hydrogen) atoms. The molecule has 3 N–H and O–H groups in total. The number of hydrogen-bond donors (Lipinski definition) is 2. The Kier molecular flexibility index (Phi) is 6.78. The summed E-state index contributed by atoms with van der Waals surface area (Å²) in [6.07, 6.45) is 1.67. The van der Waals surface area contributed by atoms with E-state index in [0.717, 1.165) is 32.5 Å². The molecule has 0 atom stereocenters. The van der Waals surface area contributed by atoms with Crippen LogP contribution in [0.15, 0.2) is 24.3 Å². The Hall–Kier alpha value is -1.17. The van der Waals surface area contributed by atoms with E-state index in [1.54, 1.807) is 12.1 Å². The summed E-state index contributed by atoms with van der Waals surface area (Å²) in [5.74, 6) is -0.258. The quantitative estimate of drug-likeness (QED) is 0.892. The molecule has 0 bridgehead atoms. The number of carbonyl (C=O) groups is 1. The number of nitrogens with one attached hydrogen (secondary N) is 1. The van der Waals surface area contributed by atoms with Crippen molar-refractivity contribution in [3.63, 3.8) is 0 Å². The van der Waals surface area contributed by atoms with E-state index in [1.165, 1.54) is 12.1 Å². The van der Waals surface area contributed by atoms with E-state index >= 15 is 0 Å². The van der Waals surface area contributed by atoms with Crippen molar-refractivity contribution >= 4 is 24.0 Å². The van der Waals surface area contributed by atoms with Crippen molar-refractivity contribution < 1.29 is 9.18 Å². The molecule has 1 aliphatic rings. The van der Waals surface area contributed by atoms with Crippen LogP contribution >= 0.6 is 12.4 Å². The van der Waals surface area contributed by atoms with Crippen molar-refractivity contribution in [2.75, 3.05) is 25.0 Å². The van der Waals surface area contributed by atoms with Crippen molar-refractivity contribution in [2.45, 2.75) is 32.2 Å². The van der Waals surface area contributed by atoms with E-state index in [9.17, 15) is 9.18 Å². The number of carbonyl (C=O) groups excluding carboxylic acids is 1. The Morgan fingerprint density at radius 3 is 2.36 bits per heavy atom. The van der Waals surface area contributed by atoms with Crippen LogP contribution in [0.2, 0.25) is 0 Å². The summed E-state index contributed by atoms with van der Waals surface area (Å²) in [7, 11) is 0. The first-order valence-electron chi connectivity index (χ1n) is 7.41. The van der Waals surface area contributed by atoms with E-state index in [-0.39, 0.29) is 35.6 Å². The molecule has 1 amide bonds. The minimum atomic E-state index is -0.300. The van der Waals surface area contributed by atoms with Gasteiger partial charge < -0.3 is 16.0 Å². The van der Waals surface area contributed by atoms with Gasteiger partial charge in [0, 0.05) is 23.7 Å². The van der Waals surface area contributed by atoms with Crippen LogP contribution in [0, 0.1) is 11.7 Å². The lowest BCUT2D eigenvalue weighted by molar-refractivity contribution is -0.121. The Morgan fingerprint density at radius 1 is 1.32 bits per heavy atom. The fourth-order valence-corrected chi connectivity index (χ4v) is 2.71. The van der Waals surface area contributed by atoms with Gasteiger partial charge >= 0.3 is 0 Å². The number of nitrogens with two attached hydrogens (primary N) is 1. The molecule has 1 aliphatic heterocycles. The number of piperidine rings is 1. The van der Waals surface area contributed by atoms with Gasteiger partial charge in [0.2, 0.25) is 5.91 Å². The standard InChI is InChI=1S/C16H24FN3O.ClH/c1-16(2,18)11-20-9-7-12(8-10-20)15(21)19-14-5-3-13(17)4-6-14;/h3-6,12H,7-11,18H2,1-2H3,(H,19,21);1H. The normalized spacial score (nSPS) is 16.9. The van der Waals surface area contributed by atoms with Gasteiger partial charge in [-0.3, -0.25) is 4.79 Å². The van der Waals surface area contributed by atoms with Crippen LogP contribution in [-0.4, -0.2) is 36.0 Å². The summed E-state index contributed by atoms with van der Waals surface area (Å²) in [5, 5.41) is 2.85. The minimum Gasteiger partial charge on any atom is -0.326 e. The lowest BCUT2D eigenvalue weighted by Gasteiger charge is -2.35. The van der Waals surface area contributed by atoms with E-state index in [2.05, 4.69) is 10.2 Å². The topological polar surface area (TPSA) is 58.4 Å². The summed E-state index contributed by atoms with van der Waals surface area (Å²) in [6.45, 7) is 6.66. The molecular weight excluding hydrogens is 305 g/mol. The lowest BCUT2D eigenvalue weighted by Crippen LogP contribution is -2.48. The molecule has 0 unspecified atom stereocenters. The van der Waals surface area contributed by atoms with Crippen molar-refractivity contribution in [2.24, 2.45) is 11.7 Å². The summed E-state index contributed by atoms with van der Waals surface area (Å²) >= 11 is 0. The highest BCUT2D eigenvalue weighted by Crippen LogP contribution is 2.20. The predicted molar refractivity (Wildman–Crippen MR) is 89.7 cm³/mol. The zero-order valence-electron chi connectivity index (χ0n) is 13.1. The van der Waals surface area contributed by atoms with Crippen molar-refractivity contribution in [1.82, 2.24) is 4.90 Å². The summed E-state index contributed by atoms with van der Waals surface area (Å²) in [5.41, 5.74) is 6.46. The number of amides is 1. The second kappa shape index (κ2) is 7.90. The molecule has 0 aromatic heterocycles. The molecule has 6 heteroatoms. The number of nitrogens with zero attached hydrogens (tertiary/aromatic N) is 1. The molecule has 1 saturated heterocycles. The predicted octanol–water partition coefficient (Wildman–Crippen LogP) is 2.64. The third-order valence-corrected chi connectivity index (χ3v) is 3.70. The van der Waals surface area contributed by atoms with Crippen molar-refractivity contribution in [3.8, 4) is 0 Å². The van der Waals surface area contributed by atoms with Gasteiger partial charge in [0.15, 0.2) is 0 Å². The molecule has 0 spiro atoms. The monoisotopic (exact) mass is 329 g/mol. The highest BCUT2D eigenvalue weighted by molar-refractivity contribution is 5.92. The van der Waals surface area contributed by atoms with E-state index in [1.807, 2.05) is 13.8 Å². The van der Waals surface area contributed by atoms with Crippen molar-refractivity contribution in [3.05, 3.63) is 30.1 Å². The smallest absolute Gasteiger partial charge is 0.227 e. The highest BCUT2D eigenvalue weighted by atomic mass is 35.5. The van der Waals surface area contributed by atoms with Crippen LogP contribution in [0.25, 0.3) is 0 Å². The first-order valence-corrected chi connectivity index (χ1v) is 7.41. The minimum absolute atomic E-state index is 0. The van der Waals surface area contributed by atoms with Gasteiger partial charge in [0.25, 0.3) is 0 Å². The van der Waals surface area contributed by atoms with Gasteiger partial charge in [-0.05, 0) is 64.0 Å². The molecule has 2 rings (SSSR count). The van der Waals surface area contributed by atoms with Crippen LogP contribution in [0.1, 0.15) is 26.7 Å². The SMILES string of the molecule is CC(C)(N)CN1CCC(C(=O)Nc2ccc(F)cc2)CC1.Cl. The number of halogens is 2. The molecule has 1 heterocycles. The average Bonchev–Trinajstić information content (AvgIpc) is 2.40. The number of rotatable bonds is 4. The maximum absolute atomic E-state index is 12.8. The summed E-state index contributed by atoms with van der Waals surface area (Å²) in [4.78, 5) is 14.5. The maximum Gasteiger partial charge on any atom is 0.227 e. The molecule has 1 aromatic rings. The molecule has 4 nitrogen and oxygen atoms in total. The Bertz CT molecular complexity index is 479. The first kappa shape index (κ1) is 18.9. The third kappa shape index (κ3) is 5.91. The average molecular weight is 330 g/mol. The van der Waals surface area contributed by atoms with E-state index in [0.29, 0.717) is 5.69 Å². The zero-order valence-corrected chi connectivity index (χ0v) is 14.0. The molecule has 0 radical (unpaired) electrons. The van der Waals surface area contributed by atoms with Crippen LogP contribution < -0.4 is 11.1 Å². The second-order valence-corrected chi connectivity index (χ2v) is 6.54. The van der Waals surface area contributed by atoms with Crippen molar-refractivity contribution in [1.29, 1.82) is 0 Å². The molecular formula is C16H25ClFN3O. The summed E-state index contributed by atoms with van der Waals surface area (Å²) < 4.78 is 12.8. The molecule has 1 fully saturated rings. The van der Waals surface area contributed by atoms with Gasteiger partial charge in [-0.1, -0.05) is 0 Å². The fraction of sp³-hybridized carbons (Fsp3) is 0.562. The lowest BCUT2D eigenvalue weighted by atomic mass is 9.94. The Labute approximate surface area is 137 Å². The van der Waals surface area contributed by atoms with E-state index in [4.69, 9.17) is 5.73 Å². The van der Waals surface area contributed by atoms with Crippen LogP contribution in [0.4, 0.5) is 10.1 Å². The van der Waals surface area contributed by atoms with Crippen LogP contribution in [-0.2, 0) is 4.79 Å². The fourth-order valence-electron chi connectivity index (χ4n) is 2.71. The third-order valence-electron chi connectivity index (χ3n) is 3.70. The molecule has 0 aliphatic carbocycles. The van der Waals surface area contributed by atoms with Gasteiger partial charge in [0.1, 0.15) is 5.82 Å². The largest absolute Gasteiger partial charge is 0.326 e. The van der Waals surface area contributed by atoms with Gasteiger partial charge in [-0.15, -0.1) is 12.4 Å². The molecule has 0 saturated carbocycles. The number of hydrogen-bond acceptors (Lipinski definition) is 3. The molecule has 1 aromatic carbocycles. The van der Waals surface area contributed by atoms with Gasteiger partial charge in [-0.25, -0.2) is 4.39 Å². The van der Waals surface area contributed by atoms with Crippen LogP contribution in [0.5, 0.6) is 0 Å². The first-order chi connectivity index (χ1) is 9.83. The van der Waals surface area contributed by atoms with Crippen LogP contribution in [0.3, 0.4) is 0 Å². The molecule has 124 valence electrons. The number of benzene rings is 1. The second-order valence-electron chi connectivity index (χ2n) is 6.54. The highest BCUT2D eigenvalue weighted by Gasteiger charge is 2.27. The van der Waals surface area contributed by atoms with E-state index < -0.39 is 0 Å². The number of likely N-dealkylation sites (tertiary alicyclic amines) is 1. The summed E-state index contributed by atoms with van der Waals surface area (Å²) in [6, 6.07) is 5.86. The zero-order chi connectivity index (χ0) is 15.5. The van der Waals surface area contributed by atoms with Gasteiger partial charge in [-0.2, -0.15) is 0 Å².